The van der Waals surface area contributed by atoms with E-state index < -0.39 is 126 Å². The Balaban J connectivity index is 2.30. The molecule has 1 aromatic carbocycles. The van der Waals surface area contributed by atoms with Crippen LogP contribution in [0, 0.1) is 5.82 Å². The molecule has 1 saturated heterocycles. The number of carboxylic acids is 1. The van der Waals surface area contributed by atoms with Gasteiger partial charge >= 0.3 is 5.97 Å². The molecule has 0 aliphatic carbocycles. The van der Waals surface area contributed by atoms with Gasteiger partial charge in [0.15, 0.2) is 5.96 Å². The first-order valence-electron chi connectivity index (χ1n) is 25.8. The van der Waals surface area contributed by atoms with Crippen molar-refractivity contribution in [1.29, 1.82) is 0 Å². The van der Waals surface area contributed by atoms with Crippen molar-refractivity contribution < 1.29 is 57.8 Å². The molecule has 1 aromatic rings. The average molecular weight is 1090 g/mol. The number of carbonyl (C=O) groups excluding carboxylic acids is 8. The molecular weight excluding hydrogens is 1010 g/mol. The Labute approximate surface area is 446 Å². The van der Waals surface area contributed by atoms with Gasteiger partial charge < -0.3 is 98.2 Å². The monoisotopic (exact) mass is 1090 g/mol. The number of hydrogen-bond donors (Lipinski definition) is 17. The van der Waals surface area contributed by atoms with Gasteiger partial charge in [-0.2, -0.15) is 0 Å². The van der Waals surface area contributed by atoms with Crippen LogP contribution in [0.4, 0.5) is 4.39 Å². The lowest BCUT2D eigenvalue weighted by Crippen LogP contribution is -2.61. The van der Waals surface area contributed by atoms with Crippen molar-refractivity contribution in [2.24, 2.45) is 50.9 Å². The number of rotatable bonds is 37. The van der Waals surface area contributed by atoms with Gasteiger partial charge in [-0.1, -0.05) is 30.7 Å². The molecule has 8 atom stereocenters. The van der Waals surface area contributed by atoms with Crippen molar-refractivity contribution in [3.8, 4) is 0 Å². The van der Waals surface area contributed by atoms with Gasteiger partial charge in [-0.3, -0.25) is 43.3 Å². The third kappa shape index (κ3) is 23.9. The summed E-state index contributed by atoms with van der Waals surface area (Å²) in [5.41, 5.74) is 44.6. The van der Waals surface area contributed by atoms with E-state index in [9.17, 15) is 57.8 Å². The van der Waals surface area contributed by atoms with E-state index in [-0.39, 0.29) is 102 Å². The summed E-state index contributed by atoms with van der Waals surface area (Å²) in [7, 11) is 0. The number of nitrogens with two attached hydrogens (primary N) is 8. The van der Waals surface area contributed by atoms with Crippen molar-refractivity contribution in [3.63, 3.8) is 0 Å². The summed E-state index contributed by atoms with van der Waals surface area (Å²) in [6, 6.07) is -3.41. The molecule has 28 nitrogen and oxygen atoms in total. The van der Waals surface area contributed by atoms with Gasteiger partial charge in [-0.05, 0) is 121 Å². The second-order valence-electron chi connectivity index (χ2n) is 18.3. The SMILES string of the molecule is NCCCC[C@H](NC(=O)[C@H](CCc1ccccc1F)NC(=O)[C@@H]1CCCN1C(=O)[C@@H](CCCN)NC(=O)CNC(=O)[C@H](CCN)NC(=O)[C@@H](NC(=O)[C@@H](N)CCCCN)[C@@H](O)CN)C(=O)N/C(=C\CCN=C(N)N)C(=O)O. The molecule has 1 aliphatic rings. The number of nitrogens with zero attached hydrogens (tertiary/aromatic N) is 2. The predicted molar refractivity (Wildman–Crippen MR) is 282 cm³/mol. The highest BCUT2D eigenvalue weighted by atomic mass is 19.1. The molecule has 0 unspecified atom stereocenters. The van der Waals surface area contributed by atoms with Crippen LogP contribution in [-0.4, -0.2) is 175 Å². The van der Waals surface area contributed by atoms with Crippen LogP contribution in [0.15, 0.2) is 41.0 Å². The van der Waals surface area contributed by atoms with Gasteiger partial charge in [0.1, 0.15) is 47.8 Å². The van der Waals surface area contributed by atoms with Crippen LogP contribution in [0.3, 0.4) is 0 Å². The molecule has 0 radical (unpaired) electrons. The molecule has 8 amide bonds. The number of carboxylic acid groups (broad SMARTS) is 1. The van der Waals surface area contributed by atoms with Crippen molar-refractivity contribution in [2.45, 2.75) is 138 Å². The highest BCUT2D eigenvalue weighted by Gasteiger charge is 2.40. The Morgan fingerprint density at radius 3 is 1.96 bits per heavy atom. The van der Waals surface area contributed by atoms with Crippen molar-refractivity contribution in [3.05, 3.63) is 47.4 Å². The number of aryl methyl sites for hydroxylation is 1. The third-order valence-corrected chi connectivity index (χ3v) is 12.3. The largest absolute Gasteiger partial charge is 0.477 e. The van der Waals surface area contributed by atoms with Crippen LogP contribution in [0.2, 0.25) is 0 Å². The molecule has 432 valence electrons. The Hall–Kier alpha value is -6.89. The maximum Gasteiger partial charge on any atom is 0.352 e. The zero-order chi connectivity index (χ0) is 57.5. The molecule has 2 rings (SSSR count). The number of aliphatic carboxylic acids is 1. The molecule has 1 fully saturated rings. The number of aliphatic hydroxyl groups is 1. The van der Waals surface area contributed by atoms with E-state index in [1.54, 1.807) is 6.07 Å². The standard InChI is InChI=1S/C48H82FN17O11/c49-29-11-2-1-10-28(29)17-18-32(43(72)61-31(13-4-6-21-51)42(71)64-35(47(76)77)15-8-24-58-48(56)57)62-44(73)36-16-9-25-66(36)46(75)34(14-7-22-52)60-38(68)27-59-41(70)33(19-23-53)63-45(74)39(37(67)26-54)65-40(69)30(55)12-3-5-20-50/h1-2,10-11,15,30-34,36-37,39,67H,3-9,12-14,16-27,50-55H2,(H,59,70)(H,60,68)(H,61,72)(H,62,73)(H,63,74)(H,64,71)(H,65,69)(H,76,77)(H4,56,57,58)/b35-15-/t30-,31-,32-,33-,34+,36-,37-,39-/m0/s1. The fraction of sp³-hybridized carbons (Fsp3) is 0.625. The zero-order valence-electron chi connectivity index (χ0n) is 43.5. The second kappa shape index (κ2) is 36.2. The average Bonchev–Trinajstić information content (AvgIpc) is 3.90. The molecule has 29 heteroatoms. The fourth-order valence-corrected chi connectivity index (χ4v) is 8.07. The van der Waals surface area contributed by atoms with Crippen LogP contribution in [0.5, 0.6) is 0 Å². The van der Waals surface area contributed by atoms with Gasteiger partial charge in [0.2, 0.25) is 47.3 Å². The molecule has 1 aliphatic heterocycles. The van der Waals surface area contributed by atoms with Crippen molar-refractivity contribution in [1.82, 2.24) is 42.1 Å². The Bertz CT molecular complexity index is 2170. The minimum atomic E-state index is -1.61. The minimum absolute atomic E-state index is 0.00721. The number of likely N-dealkylation sites (tertiary alicyclic amines) is 1. The van der Waals surface area contributed by atoms with E-state index in [1.807, 2.05) is 0 Å². The molecular formula is C48H82FN17O11. The van der Waals surface area contributed by atoms with Gasteiger partial charge in [-0.15, -0.1) is 0 Å². The Morgan fingerprint density at radius 2 is 1.34 bits per heavy atom. The first kappa shape index (κ1) is 66.2. The summed E-state index contributed by atoms with van der Waals surface area (Å²) in [6.07, 6.45) is 2.14. The number of benzene rings is 1. The molecule has 25 N–H and O–H groups in total. The van der Waals surface area contributed by atoms with Crippen molar-refractivity contribution >= 4 is 59.2 Å². The van der Waals surface area contributed by atoms with E-state index in [0.717, 1.165) is 0 Å². The number of nitrogens with one attached hydrogen (secondary N) is 7. The summed E-state index contributed by atoms with van der Waals surface area (Å²) in [5.74, 6) is -8.95. The van der Waals surface area contributed by atoms with E-state index in [1.165, 1.54) is 29.2 Å². The van der Waals surface area contributed by atoms with Gasteiger partial charge in [0.25, 0.3) is 0 Å². The lowest BCUT2D eigenvalue weighted by molar-refractivity contribution is -0.142. The minimum Gasteiger partial charge on any atom is -0.477 e. The normalized spacial score (nSPS) is 16.0. The fourth-order valence-electron chi connectivity index (χ4n) is 8.07. The number of carbonyl (C=O) groups is 9. The van der Waals surface area contributed by atoms with E-state index >= 15 is 0 Å². The smallest absolute Gasteiger partial charge is 0.352 e. The van der Waals surface area contributed by atoms with E-state index in [0.29, 0.717) is 38.6 Å². The van der Waals surface area contributed by atoms with Gasteiger partial charge in [0.05, 0.1) is 18.7 Å². The lowest BCUT2D eigenvalue weighted by atomic mass is 10.0. The summed E-state index contributed by atoms with van der Waals surface area (Å²) in [6.45, 7) is -0.443. The molecule has 0 saturated carbocycles. The van der Waals surface area contributed by atoms with Crippen LogP contribution in [0.1, 0.15) is 89.0 Å². The third-order valence-electron chi connectivity index (χ3n) is 12.3. The quantitative estimate of drug-likeness (QED) is 0.0128. The topological polar surface area (TPSA) is 502 Å². The van der Waals surface area contributed by atoms with Gasteiger partial charge in [0, 0.05) is 19.6 Å². The van der Waals surface area contributed by atoms with Gasteiger partial charge in [-0.25, -0.2) is 9.18 Å². The predicted octanol–water partition coefficient (Wildman–Crippen LogP) is -5.97. The highest BCUT2D eigenvalue weighted by Crippen LogP contribution is 2.21. The maximum atomic E-state index is 14.8. The van der Waals surface area contributed by atoms with Crippen LogP contribution in [-0.2, 0) is 49.6 Å². The number of unbranched alkanes of at least 4 members (excludes halogenated alkanes) is 2. The van der Waals surface area contributed by atoms with E-state index in [2.05, 4.69) is 42.2 Å². The molecule has 0 spiro atoms. The summed E-state index contributed by atoms with van der Waals surface area (Å²) >= 11 is 0. The Kier molecular flexibility index (Phi) is 31.1. The Morgan fingerprint density at radius 1 is 0.714 bits per heavy atom. The van der Waals surface area contributed by atoms with E-state index in [4.69, 9.17) is 45.9 Å². The number of hydrogen-bond acceptors (Lipinski definition) is 17. The molecule has 0 bridgehead atoms. The summed E-state index contributed by atoms with van der Waals surface area (Å²) in [4.78, 5) is 126. The van der Waals surface area contributed by atoms with Crippen molar-refractivity contribution in [2.75, 3.05) is 52.4 Å². The number of guanidine groups is 1. The highest BCUT2D eigenvalue weighted by molar-refractivity contribution is 5.99. The van der Waals surface area contributed by atoms with Crippen LogP contribution in [0.25, 0.3) is 0 Å². The van der Waals surface area contributed by atoms with Crippen LogP contribution >= 0.6 is 0 Å². The van der Waals surface area contributed by atoms with Crippen LogP contribution < -0.4 is 83.1 Å². The number of aliphatic imine (C=N–C) groups is 1. The second-order valence-corrected chi connectivity index (χ2v) is 18.3. The number of amides is 8. The summed E-state index contributed by atoms with van der Waals surface area (Å²) < 4.78 is 14.8. The maximum absolute atomic E-state index is 14.8. The zero-order valence-corrected chi connectivity index (χ0v) is 43.5. The molecule has 0 aromatic heterocycles. The number of aliphatic hydroxyl groups excluding tert-OH is 1. The summed E-state index contributed by atoms with van der Waals surface area (Å²) in [5, 5.41) is 37.7. The molecule has 77 heavy (non-hydrogen) atoms. The molecule has 1 heterocycles. The number of halogens is 1. The first-order chi connectivity index (χ1) is 36.7. The first-order valence-corrected chi connectivity index (χ1v) is 25.8. The lowest BCUT2D eigenvalue weighted by Gasteiger charge is -2.30.